The second-order valence-corrected chi connectivity index (χ2v) is 12.7. The molecule has 6 nitrogen and oxygen atoms in total. The first-order valence-electron chi connectivity index (χ1n) is 13.6. The first kappa shape index (κ1) is 26.9. The number of Topliss-reactive ketones (excluding diaryl/α,β-unsaturated/α-hetero) is 2. The van der Waals surface area contributed by atoms with Crippen molar-refractivity contribution < 1.29 is 23.9 Å². The average Bonchev–Trinajstić information content (AvgIpc) is 2.83. The number of anilines is 1. The number of allylic oxidation sites excluding steroid dienone is 4. The van der Waals surface area contributed by atoms with Crippen LogP contribution in [0.2, 0.25) is 0 Å². The predicted octanol–water partition coefficient (Wildman–Crippen LogP) is 6.72. The van der Waals surface area contributed by atoms with Gasteiger partial charge in [0.25, 0.3) is 5.91 Å². The maximum Gasteiger partial charge on any atom is 0.262 e. The van der Waals surface area contributed by atoms with Crippen molar-refractivity contribution in [2.45, 2.75) is 73.1 Å². The number of hydrogen-bond acceptors (Lipinski definition) is 5. The number of rotatable bonds is 5. The second kappa shape index (κ2) is 9.82. The first-order valence-corrected chi connectivity index (χ1v) is 13.6. The standard InChI is InChI=1S/C33H37NO5/c1-19-9-7-12-23(20(19)2)34-28(37)18-38-22-11-8-10-21(13-22)29-30-24(35)14-32(3,4)16-26(30)39-27-17-33(5,6)15-25(36)31(27)29/h7-13,29H,14-18H2,1-6H3,(H,34,37). The molecule has 1 aliphatic heterocycles. The quantitative estimate of drug-likeness (QED) is 0.467. The van der Waals surface area contributed by atoms with E-state index < -0.39 is 5.92 Å². The molecule has 1 heterocycles. The van der Waals surface area contributed by atoms with Gasteiger partial charge in [0.05, 0.1) is 0 Å². The number of carbonyl (C=O) groups excluding carboxylic acids is 3. The SMILES string of the molecule is Cc1cccc(NC(=O)COc2cccc(C3C4=C(CC(C)(C)CC4=O)OC4=C3C(=O)CC(C)(C)C4)c2)c1C. The van der Waals surface area contributed by atoms with Gasteiger partial charge in [0, 0.05) is 48.4 Å². The third kappa shape index (κ3) is 5.42. The Labute approximate surface area is 230 Å². The lowest BCUT2D eigenvalue weighted by atomic mass is 9.65. The lowest BCUT2D eigenvalue weighted by Crippen LogP contribution is -2.37. The van der Waals surface area contributed by atoms with Gasteiger partial charge in [0.2, 0.25) is 0 Å². The highest BCUT2D eigenvalue weighted by atomic mass is 16.5. The van der Waals surface area contributed by atoms with Gasteiger partial charge in [-0.15, -0.1) is 0 Å². The minimum absolute atomic E-state index is 0.0228. The summed E-state index contributed by atoms with van der Waals surface area (Å²) in [6, 6.07) is 13.2. The van der Waals surface area contributed by atoms with Crippen LogP contribution in [0.3, 0.4) is 0 Å². The highest BCUT2D eigenvalue weighted by molar-refractivity contribution is 6.06. The topological polar surface area (TPSA) is 81.7 Å². The largest absolute Gasteiger partial charge is 0.484 e. The molecule has 2 aromatic rings. The molecule has 0 saturated carbocycles. The third-order valence-electron chi connectivity index (χ3n) is 8.02. The van der Waals surface area contributed by atoms with E-state index in [1.807, 2.05) is 50.2 Å². The van der Waals surface area contributed by atoms with E-state index in [4.69, 9.17) is 9.47 Å². The van der Waals surface area contributed by atoms with Crippen LogP contribution in [-0.2, 0) is 19.1 Å². The van der Waals surface area contributed by atoms with Crippen molar-refractivity contribution in [3.63, 3.8) is 0 Å². The molecule has 0 fully saturated rings. The number of carbonyl (C=O) groups is 3. The molecule has 0 bridgehead atoms. The maximum absolute atomic E-state index is 13.5. The van der Waals surface area contributed by atoms with Crippen molar-refractivity contribution in [2.24, 2.45) is 10.8 Å². The van der Waals surface area contributed by atoms with Gasteiger partial charge < -0.3 is 14.8 Å². The fourth-order valence-electron chi connectivity index (χ4n) is 6.01. The Hall–Kier alpha value is -3.67. The van der Waals surface area contributed by atoms with Crippen LogP contribution in [0.25, 0.3) is 0 Å². The van der Waals surface area contributed by atoms with Gasteiger partial charge in [-0.25, -0.2) is 0 Å². The molecule has 2 aromatic carbocycles. The first-order chi connectivity index (χ1) is 18.3. The fraction of sp³-hybridized carbons (Fsp3) is 0.424. The van der Waals surface area contributed by atoms with E-state index in [0.29, 0.717) is 54.1 Å². The summed E-state index contributed by atoms with van der Waals surface area (Å²) in [5, 5.41) is 2.92. The summed E-state index contributed by atoms with van der Waals surface area (Å²) in [6.45, 7) is 12.1. The van der Waals surface area contributed by atoms with Gasteiger partial charge in [-0.1, -0.05) is 52.0 Å². The Morgan fingerprint density at radius 1 is 0.897 bits per heavy atom. The molecule has 0 radical (unpaired) electrons. The molecule has 1 amide bonds. The van der Waals surface area contributed by atoms with Crippen LogP contribution in [-0.4, -0.2) is 24.1 Å². The highest BCUT2D eigenvalue weighted by Gasteiger charge is 2.47. The Balaban J connectivity index is 1.44. The van der Waals surface area contributed by atoms with Crippen LogP contribution in [0.4, 0.5) is 5.69 Å². The summed E-state index contributed by atoms with van der Waals surface area (Å²) in [5.74, 6) is 1.16. The van der Waals surface area contributed by atoms with Crippen LogP contribution < -0.4 is 10.1 Å². The average molecular weight is 528 g/mol. The molecule has 3 aliphatic rings. The summed E-state index contributed by atoms with van der Waals surface area (Å²) >= 11 is 0. The number of hydrogen-bond donors (Lipinski definition) is 1. The Bertz CT molecular complexity index is 1390. The lowest BCUT2D eigenvalue weighted by Gasteiger charge is -2.42. The zero-order chi connectivity index (χ0) is 28.1. The number of ketones is 2. The number of amides is 1. The number of aryl methyl sites for hydroxylation is 1. The Morgan fingerprint density at radius 3 is 2.10 bits per heavy atom. The monoisotopic (exact) mass is 527 g/mol. The summed E-state index contributed by atoms with van der Waals surface area (Å²) in [7, 11) is 0. The normalized spacial score (nSPS) is 20.3. The van der Waals surface area contributed by atoms with Crippen molar-refractivity contribution in [1.82, 2.24) is 0 Å². The van der Waals surface area contributed by atoms with Gasteiger partial charge in [-0.3, -0.25) is 14.4 Å². The van der Waals surface area contributed by atoms with Gasteiger partial charge in [0.15, 0.2) is 18.2 Å². The predicted molar refractivity (Wildman–Crippen MR) is 150 cm³/mol. The van der Waals surface area contributed by atoms with E-state index in [1.165, 1.54) is 0 Å². The number of nitrogens with one attached hydrogen (secondary N) is 1. The van der Waals surface area contributed by atoms with Gasteiger partial charge in [0.1, 0.15) is 17.3 Å². The van der Waals surface area contributed by atoms with Gasteiger partial charge in [-0.2, -0.15) is 0 Å². The molecule has 0 spiro atoms. The molecule has 0 aromatic heterocycles. The molecule has 0 saturated heterocycles. The van der Waals surface area contributed by atoms with Gasteiger partial charge in [-0.05, 0) is 59.6 Å². The smallest absolute Gasteiger partial charge is 0.262 e. The van der Waals surface area contributed by atoms with Crippen molar-refractivity contribution >= 4 is 23.2 Å². The van der Waals surface area contributed by atoms with Crippen molar-refractivity contribution in [2.75, 3.05) is 11.9 Å². The van der Waals surface area contributed by atoms with Crippen LogP contribution in [0.1, 0.15) is 76.0 Å². The van der Waals surface area contributed by atoms with Crippen LogP contribution in [0, 0.1) is 24.7 Å². The summed E-state index contributed by atoms with van der Waals surface area (Å²) in [4.78, 5) is 39.7. The fourth-order valence-corrected chi connectivity index (χ4v) is 6.01. The molecule has 1 N–H and O–H groups in total. The molecule has 204 valence electrons. The second-order valence-electron chi connectivity index (χ2n) is 12.7. The molecule has 5 rings (SSSR count). The number of benzene rings is 2. The minimum Gasteiger partial charge on any atom is -0.484 e. The van der Waals surface area contributed by atoms with E-state index in [9.17, 15) is 14.4 Å². The molecule has 0 atom stereocenters. The summed E-state index contributed by atoms with van der Waals surface area (Å²) in [6.07, 6.45) is 2.10. The molecule has 39 heavy (non-hydrogen) atoms. The van der Waals surface area contributed by atoms with E-state index in [-0.39, 0.29) is 34.9 Å². The van der Waals surface area contributed by atoms with Gasteiger partial charge >= 0.3 is 0 Å². The van der Waals surface area contributed by atoms with Crippen molar-refractivity contribution in [1.29, 1.82) is 0 Å². The van der Waals surface area contributed by atoms with E-state index in [0.717, 1.165) is 22.4 Å². The minimum atomic E-state index is -0.497. The summed E-state index contributed by atoms with van der Waals surface area (Å²) < 4.78 is 12.3. The molecule has 2 aliphatic carbocycles. The van der Waals surface area contributed by atoms with E-state index >= 15 is 0 Å². The molecule has 6 heteroatoms. The number of ether oxygens (including phenoxy) is 2. The third-order valence-corrected chi connectivity index (χ3v) is 8.02. The van der Waals surface area contributed by atoms with Crippen LogP contribution in [0.5, 0.6) is 5.75 Å². The Kier molecular flexibility index (Phi) is 6.78. The van der Waals surface area contributed by atoms with E-state index in [2.05, 4.69) is 33.0 Å². The zero-order valence-electron chi connectivity index (χ0n) is 23.7. The van der Waals surface area contributed by atoms with E-state index in [1.54, 1.807) is 6.07 Å². The Morgan fingerprint density at radius 2 is 1.49 bits per heavy atom. The van der Waals surface area contributed by atoms with Crippen LogP contribution >= 0.6 is 0 Å². The maximum atomic E-state index is 13.5. The lowest BCUT2D eigenvalue weighted by molar-refractivity contribution is -0.120. The molecular formula is C33H37NO5. The molecule has 0 unspecified atom stereocenters. The van der Waals surface area contributed by atoms with Crippen molar-refractivity contribution in [3.8, 4) is 5.75 Å². The highest BCUT2D eigenvalue weighted by Crippen LogP contribution is 2.53. The van der Waals surface area contributed by atoms with Crippen LogP contribution in [0.15, 0.2) is 65.1 Å². The summed E-state index contributed by atoms with van der Waals surface area (Å²) in [5.41, 5.74) is 4.43. The zero-order valence-corrected chi connectivity index (χ0v) is 23.7. The molecular weight excluding hydrogens is 490 g/mol. The van der Waals surface area contributed by atoms with Crippen molar-refractivity contribution in [3.05, 3.63) is 81.8 Å².